The minimum Gasteiger partial charge on any atom is -0.453 e. The fourth-order valence-corrected chi connectivity index (χ4v) is 5.89. The van der Waals surface area contributed by atoms with E-state index in [0.717, 1.165) is 72.5 Å². The molecule has 1 aromatic heterocycles. The van der Waals surface area contributed by atoms with Crippen LogP contribution >= 0.6 is 0 Å². The molecule has 40 heavy (non-hydrogen) atoms. The van der Waals surface area contributed by atoms with Gasteiger partial charge in [-0.1, -0.05) is 121 Å². The second kappa shape index (κ2) is 9.11. The molecule has 1 aliphatic rings. The summed E-state index contributed by atoms with van der Waals surface area (Å²) in [5.74, 6) is 1.65. The fraction of sp³-hybridized carbons (Fsp3) is 0. The van der Waals surface area contributed by atoms with Crippen molar-refractivity contribution >= 4 is 38.6 Å². The van der Waals surface area contributed by atoms with Crippen LogP contribution < -0.4 is 9.64 Å². The summed E-state index contributed by atoms with van der Waals surface area (Å²) < 4.78 is 6.67. The van der Waals surface area contributed by atoms with Gasteiger partial charge in [-0.15, -0.1) is 0 Å². The van der Waals surface area contributed by atoms with Crippen LogP contribution in [-0.2, 0) is 0 Å². The average molecular weight is 513 g/mol. The molecule has 0 spiro atoms. The quantitative estimate of drug-likeness (QED) is 0.235. The van der Waals surface area contributed by atoms with E-state index in [1.54, 1.807) is 0 Å². The van der Waals surface area contributed by atoms with E-state index in [2.05, 4.69) is 138 Å². The molecular weight excluding hydrogens is 488 g/mol. The van der Waals surface area contributed by atoms with Crippen molar-refractivity contribution in [2.24, 2.45) is 0 Å². The molecule has 3 nitrogen and oxygen atoms in total. The molecule has 3 heteroatoms. The van der Waals surface area contributed by atoms with Crippen LogP contribution in [0.1, 0.15) is 0 Å². The zero-order valence-electron chi connectivity index (χ0n) is 21.7. The lowest BCUT2D eigenvalue weighted by Gasteiger charge is -2.36. The molecule has 0 unspecified atom stereocenters. The minimum absolute atomic E-state index is 0.823. The topological polar surface area (TPSA) is 25.4 Å². The Balaban J connectivity index is 1.57. The number of anilines is 3. The Morgan fingerprint density at radius 3 is 1.57 bits per heavy atom. The van der Waals surface area contributed by atoms with E-state index in [-0.39, 0.29) is 0 Å². The van der Waals surface area contributed by atoms with Crippen LogP contribution in [-0.4, -0.2) is 4.98 Å². The number of hydrogen-bond acceptors (Lipinski definition) is 3. The number of pyridine rings is 1. The lowest BCUT2D eigenvalue weighted by molar-refractivity contribution is 0.479. The van der Waals surface area contributed by atoms with E-state index in [0.29, 0.717) is 0 Å². The van der Waals surface area contributed by atoms with Gasteiger partial charge in [-0.05, 0) is 34.5 Å². The fourth-order valence-electron chi connectivity index (χ4n) is 5.89. The van der Waals surface area contributed by atoms with Gasteiger partial charge >= 0.3 is 0 Å². The maximum Gasteiger partial charge on any atom is 0.152 e. The molecule has 8 rings (SSSR count). The van der Waals surface area contributed by atoms with E-state index >= 15 is 0 Å². The molecule has 1 aliphatic heterocycles. The first kappa shape index (κ1) is 22.6. The zero-order chi connectivity index (χ0) is 26.5. The summed E-state index contributed by atoms with van der Waals surface area (Å²) in [5, 5.41) is 4.57. The van der Waals surface area contributed by atoms with Crippen LogP contribution in [0.4, 0.5) is 17.1 Å². The Morgan fingerprint density at radius 1 is 0.450 bits per heavy atom. The Hall–Kier alpha value is -5.41. The predicted octanol–water partition coefficient (Wildman–Crippen LogP) is 10.3. The molecule has 7 aromatic rings. The van der Waals surface area contributed by atoms with Crippen molar-refractivity contribution in [3.05, 3.63) is 146 Å². The van der Waals surface area contributed by atoms with Gasteiger partial charge in [-0.25, -0.2) is 0 Å². The van der Waals surface area contributed by atoms with E-state index in [1.807, 2.05) is 12.3 Å². The maximum absolute atomic E-state index is 6.67. The normalized spacial score (nSPS) is 12.2. The molecule has 0 N–H and O–H groups in total. The third-order valence-corrected chi connectivity index (χ3v) is 7.67. The molecule has 0 fully saturated rings. The Labute approximate surface area is 232 Å². The standard InChI is InChI=1S/C37H24N2O/c1-3-11-25(12-4-1)31-23-24-38-34(28-15-5-2-6-16-28)37(31)39-35-29-17-9-7-13-26(29)19-21-32(35)40-33-22-20-27-14-8-10-18-30(27)36(33)39/h1-24H. The third kappa shape index (κ3) is 3.49. The van der Waals surface area contributed by atoms with Crippen molar-refractivity contribution in [3.8, 4) is 33.9 Å². The number of benzene rings is 6. The molecule has 6 aromatic carbocycles. The number of rotatable bonds is 3. The predicted molar refractivity (Wildman–Crippen MR) is 165 cm³/mol. The minimum atomic E-state index is 0.823. The number of fused-ring (bicyclic) bond motifs is 6. The van der Waals surface area contributed by atoms with E-state index < -0.39 is 0 Å². The summed E-state index contributed by atoms with van der Waals surface area (Å²) in [6, 6.07) is 48.7. The van der Waals surface area contributed by atoms with E-state index in [9.17, 15) is 0 Å². The molecule has 0 saturated carbocycles. The molecule has 0 atom stereocenters. The van der Waals surface area contributed by atoms with Crippen LogP contribution in [0, 0.1) is 0 Å². The van der Waals surface area contributed by atoms with Crippen molar-refractivity contribution in [1.29, 1.82) is 0 Å². The Kier molecular flexibility index (Phi) is 5.14. The highest BCUT2D eigenvalue weighted by molar-refractivity contribution is 6.12. The van der Waals surface area contributed by atoms with Gasteiger partial charge in [-0.2, -0.15) is 0 Å². The van der Waals surface area contributed by atoms with Gasteiger partial charge in [0, 0.05) is 28.1 Å². The first-order chi connectivity index (χ1) is 19.9. The van der Waals surface area contributed by atoms with Crippen molar-refractivity contribution in [1.82, 2.24) is 4.98 Å². The van der Waals surface area contributed by atoms with Crippen LogP contribution in [0.5, 0.6) is 11.5 Å². The van der Waals surface area contributed by atoms with Gasteiger partial charge in [0.1, 0.15) is 0 Å². The molecule has 188 valence electrons. The van der Waals surface area contributed by atoms with Gasteiger partial charge in [0.2, 0.25) is 0 Å². The summed E-state index contributed by atoms with van der Waals surface area (Å²) in [6.07, 6.45) is 1.92. The number of ether oxygens (including phenoxy) is 1. The molecule has 0 bridgehead atoms. The van der Waals surface area contributed by atoms with E-state index in [4.69, 9.17) is 9.72 Å². The van der Waals surface area contributed by atoms with Crippen LogP contribution in [0.15, 0.2) is 146 Å². The molecular formula is C37H24N2O. The van der Waals surface area contributed by atoms with Crippen LogP contribution in [0.3, 0.4) is 0 Å². The summed E-state index contributed by atoms with van der Waals surface area (Å²) in [4.78, 5) is 7.43. The summed E-state index contributed by atoms with van der Waals surface area (Å²) in [7, 11) is 0. The molecule has 0 radical (unpaired) electrons. The lowest BCUT2D eigenvalue weighted by Crippen LogP contribution is -2.19. The van der Waals surface area contributed by atoms with Crippen LogP contribution in [0.25, 0.3) is 43.9 Å². The Morgan fingerprint density at radius 2 is 0.975 bits per heavy atom. The molecule has 0 aliphatic carbocycles. The highest BCUT2D eigenvalue weighted by Gasteiger charge is 2.33. The summed E-state index contributed by atoms with van der Waals surface area (Å²) in [6.45, 7) is 0. The highest BCUT2D eigenvalue weighted by atomic mass is 16.5. The van der Waals surface area contributed by atoms with E-state index in [1.165, 1.54) is 0 Å². The number of nitrogens with zero attached hydrogens (tertiary/aromatic N) is 2. The highest BCUT2D eigenvalue weighted by Crippen LogP contribution is 2.58. The lowest BCUT2D eigenvalue weighted by atomic mass is 9.95. The molecule has 0 amide bonds. The monoisotopic (exact) mass is 512 g/mol. The van der Waals surface area contributed by atoms with Gasteiger partial charge in [-0.3, -0.25) is 9.88 Å². The van der Waals surface area contributed by atoms with Gasteiger partial charge in [0.05, 0.1) is 22.8 Å². The average Bonchev–Trinajstić information content (AvgIpc) is 3.04. The van der Waals surface area contributed by atoms with Gasteiger partial charge < -0.3 is 4.74 Å². The number of aromatic nitrogens is 1. The number of hydrogen-bond donors (Lipinski definition) is 0. The second-order valence-corrected chi connectivity index (χ2v) is 9.99. The maximum atomic E-state index is 6.67. The third-order valence-electron chi connectivity index (χ3n) is 7.67. The van der Waals surface area contributed by atoms with Crippen molar-refractivity contribution < 1.29 is 4.74 Å². The van der Waals surface area contributed by atoms with Crippen molar-refractivity contribution in [2.75, 3.05) is 4.90 Å². The summed E-state index contributed by atoms with van der Waals surface area (Å²) >= 11 is 0. The SMILES string of the molecule is c1ccc(-c2ccnc(-c3ccccc3)c2N2c3c(ccc4ccccc34)Oc3ccc4ccccc4c32)cc1. The van der Waals surface area contributed by atoms with Crippen molar-refractivity contribution in [3.63, 3.8) is 0 Å². The first-order valence-corrected chi connectivity index (χ1v) is 13.5. The van der Waals surface area contributed by atoms with Gasteiger partial charge in [0.25, 0.3) is 0 Å². The zero-order valence-corrected chi connectivity index (χ0v) is 21.7. The summed E-state index contributed by atoms with van der Waals surface area (Å²) in [5.41, 5.74) is 7.28. The molecule has 0 saturated heterocycles. The second-order valence-electron chi connectivity index (χ2n) is 9.99. The van der Waals surface area contributed by atoms with Crippen molar-refractivity contribution in [2.45, 2.75) is 0 Å². The Bertz CT molecular complexity index is 1890. The molecule has 2 heterocycles. The first-order valence-electron chi connectivity index (χ1n) is 13.5. The van der Waals surface area contributed by atoms with Crippen LogP contribution in [0.2, 0.25) is 0 Å². The van der Waals surface area contributed by atoms with Gasteiger partial charge in [0.15, 0.2) is 11.5 Å². The largest absolute Gasteiger partial charge is 0.453 e. The smallest absolute Gasteiger partial charge is 0.152 e.